The number of morpholine rings is 1. The number of ether oxygens (including phenoxy) is 1. The molecular weight excluding hydrogens is 278 g/mol. The first kappa shape index (κ1) is 15.0. The summed E-state index contributed by atoms with van der Waals surface area (Å²) in [4.78, 5) is 16.6. The van der Waals surface area contributed by atoms with Gasteiger partial charge in [-0.2, -0.15) is 0 Å². The minimum atomic E-state index is -0.610. The van der Waals surface area contributed by atoms with Crippen molar-refractivity contribution in [2.45, 2.75) is 19.4 Å². The van der Waals surface area contributed by atoms with E-state index in [1.165, 1.54) is 6.07 Å². The van der Waals surface area contributed by atoms with E-state index in [2.05, 4.69) is 10.1 Å². The van der Waals surface area contributed by atoms with E-state index in [0.717, 1.165) is 6.42 Å². The third-order valence-electron chi connectivity index (χ3n) is 3.40. The van der Waals surface area contributed by atoms with Gasteiger partial charge in [0.2, 0.25) is 0 Å². The molecule has 1 unspecified atom stereocenters. The van der Waals surface area contributed by atoms with Gasteiger partial charge < -0.3 is 20.6 Å². The van der Waals surface area contributed by atoms with Crippen LogP contribution in [0.15, 0.2) is 17.3 Å². The van der Waals surface area contributed by atoms with Gasteiger partial charge in [-0.25, -0.2) is 4.98 Å². The van der Waals surface area contributed by atoms with Gasteiger partial charge in [-0.15, -0.1) is 0 Å². The number of anilines is 1. The molecule has 0 radical (unpaired) electrons. The molecule has 9 heteroatoms. The summed E-state index contributed by atoms with van der Waals surface area (Å²) in [5.74, 6) is 0.169. The summed E-state index contributed by atoms with van der Waals surface area (Å²) >= 11 is 0. The van der Waals surface area contributed by atoms with Gasteiger partial charge in [-0.3, -0.25) is 10.1 Å². The van der Waals surface area contributed by atoms with E-state index in [0.29, 0.717) is 25.6 Å². The molecule has 0 spiro atoms. The number of nitro groups is 1. The van der Waals surface area contributed by atoms with Crippen LogP contribution in [0.3, 0.4) is 0 Å². The number of pyridine rings is 1. The molecule has 1 aliphatic rings. The molecule has 1 atom stereocenters. The van der Waals surface area contributed by atoms with Crippen molar-refractivity contribution >= 4 is 17.3 Å². The molecule has 21 heavy (non-hydrogen) atoms. The maximum Gasteiger partial charge on any atom is 0.298 e. The number of nitrogens with zero attached hydrogens (tertiary/aromatic N) is 4. The van der Waals surface area contributed by atoms with Crippen molar-refractivity contribution in [3.8, 4) is 0 Å². The average Bonchev–Trinajstić information content (AvgIpc) is 2.53. The van der Waals surface area contributed by atoms with Crippen molar-refractivity contribution < 1.29 is 14.9 Å². The summed E-state index contributed by atoms with van der Waals surface area (Å²) in [7, 11) is 0. The van der Waals surface area contributed by atoms with E-state index in [1.807, 2.05) is 11.8 Å². The van der Waals surface area contributed by atoms with Crippen molar-refractivity contribution in [3.63, 3.8) is 0 Å². The van der Waals surface area contributed by atoms with Gasteiger partial charge in [-0.05, 0) is 12.5 Å². The van der Waals surface area contributed by atoms with E-state index >= 15 is 0 Å². The summed E-state index contributed by atoms with van der Waals surface area (Å²) in [6.45, 7) is 3.81. The first-order valence-corrected chi connectivity index (χ1v) is 6.56. The predicted molar refractivity (Wildman–Crippen MR) is 75.6 cm³/mol. The highest BCUT2D eigenvalue weighted by molar-refractivity contribution is 5.99. The number of oxime groups is 1. The van der Waals surface area contributed by atoms with Gasteiger partial charge in [0, 0.05) is 12.6 Å². The molecule has 3 N–H and O–H groups in total. The number of hydrogen-bond donors (Lipinski definition) is 2. The summed E-state index contributed by atoms with van der Waals surface area (Å²) in [5.41, 5.74) is 5.05. The van der Waals surface area contributed by atoms with Gasteiger partial charge in [0.1, 0.15) is 5.82 Å². The number of aromatic nitrogens is 1. The molecule has 1 aromatic rings. The zero-order chi connectivity index (χ0) is 15.4. The highest BCUT2D eigenvalue weighted by Crippen LogP contribution is 2.24. The van der Waals surface area contributed by atoms with Crippen LogP contribution >= 0.6 is 0 Å². The summed E-state index contributed by atoms with van der Waals surface area (Å²) in [6, 6.07) is 3.03. The van der Waals surface area contributed by atoms with Crippen molar-refractivity contribution in [2.24, 2.45) is 10.9 Å². The van der Waals surface area contributed by atoms with Gasteiger partial charge >= 0.3 is 0 Å². The van der Waals surface area contributed by atoms with E-state index in [1.54, 1.807) is 6.07 Å². The molecule has 1 aliphatic heterocycles. The highest BCUT2D eigenvalue weighted by atomic mass is 16.6. The summed E-state index contributed by atoms with van der Waals surface area (Å²) in [6.07, 6.45) is 0.859. The van der Waals surface area contributed by atoms with Crippen molar-refractivity contribution in [3.05, 3.63) is 27.9 Å². The Kier molecular flexibility index (Phi) is 4.53. The van der Waals surface area contributed by atoms with Crippen LogP contribution in [-0.2, 0) is 4.74 Å². The Bertz CT molecular complexity index is 563. The standard InChI is InChI=1S/C12H17N5O4/c1-2-8-7-21-6-5-16(8)10-4-3-9(17(19)20)11(14-10)12(13)15-18/h3-4,8,18H,2,5-7H2,1H3,(H2,13,15). The van der Waals surface area contributed by atoms with Gasteiger partial charge in [-0.1, -0.05) is 12.1 Å². The molecule has 2 rings (SSSR count). The summed E-state index contributed by atoms with van der Waals surface area (Å²) < 4.78 is 5.42. The monoisotopic (exact) mass is 295 g/mol. The molecule has 0 aliphatic carbocycles. The predicted octanol–water partition coefficient (Wildman–Crippen LogP) is 0.700. The highest BCUT2D eigenvalue weighted by Gasteiger charge is 2.26. The molecule has 0 bridgehead atoms. The Morgan fingerprint density at radius 2 is 2.48 bits per heavy atom. The lowest BCUT2D eigenvalue weighted by Crippen LogP contribution is -2.45. The quantitative estimate of drug-likeness (QED) is 0.275. The third-order valence-corrected chi connectivity index (χ3v) is 3.40. The zero-order valence-corrected chi connectivity index (χ0v) is 11.6. The molecule has 9 nitrogen and oxygen atoms in total. The summed E-state index contributed by atoms with van der Waals surface area (Å²) in [5, 5.41) is 22.6. The number of amidine groups is 1. The van der Waals surface area contributed by atoms with Crippen LogP contribution in [0.1, 0.15) is 19.0 Å². The van der Waals surface area contributed by atoms with Crippen LogP contribution in [-0.4, -0.2) is 46.8 Å². The topological polar surface area (TPSA) is 127 Å². The van der Waals surface area contributed by atoms with Crippen molar-refractivity contribution in [1.82, 2.24) is 4.98 Å². The smallest absolute Gasteiger partial charge is 0.298 e. The normalized spacial score (nSPS) is 19.6. The van der Waals surface area contributed by atoms with Crippen molar-refractivity contribution in [1.29, 1.82) is 0 Å². The Balaban J connectivity index is 2.43. The lowest BCUT2D eigenvalue weighted by atomic mass is 10.1. The van der Waals surface area contributed by atoms with E-state index < -0.39 is 4.92 Å². The first-order valence-electron chi connectivity index (χ1n) is 6.56. The molecule has 1 aromatic heterocycles. The second-order valence-electron chi connectivity index (χ2n) is 4.61. The fourth-order valence-corrected chi connectivity index (χ4v) is 2.28. The Morgan fingerprint density at radius 3 is 3.10 bits per heavy atom. The molecule has 0 aromatic carbocycles. The van der Waals surface area contributed by atoms with Crippen LogP contribution in [0.2, 0.25) is 0 Å². The zero-order valence-electron chi connectivity index (χ0n) is 11.6. The van der Waals surface area contributed by atoms with Gasteiger partial charge in [0.25, 0.3) is 5.69 Å². The molecule has 114 valence electrons. The van der Waals surface area contributed by atoms with Crippen LogP contribution < -0.4 is 10.6 Å². The minimum Gasteiger partial charge on any atom is -0.409 e. The lowest BCUT2D eigenvalue weighted by Gasteiger charge is -2.36. The van der Waals surface area contributed by atoms with E-state index in [9.17, 15) is 10.1 Å². The Hall–Kier alpha value is -2.42. The van der Waals surface area contributed by atoms with Crippen molar-refractivity contribution in [2.75, 3.05) is 24.7 Å². The Labute approximate surface area is 121 Å². The largest absolute Gasteiger partial charge is 0.409 e. The van der Waals surface area contributed by atoms with Crippen LogP contribution in [0.5, 0.6) is 0 Å². The van der Waals surface area contributed by atoms with E-state index in [4.69, 9.17) is 15.7 Å². The average molecular weight is 295 g/mol. The Morgan fingerprint density at radius 1 is 1.71 bits per heavy atom. The number of hydrogen-bond acceptors (Lipinski definition) is 7. The second-order valence-corrected chi connectivity index (χ2v) is 4.61. The van der Waals surface area contributed by atoms with E-state index in [-0.39, 0.29) is 23.3 Å². The van der Waals surface area contributed by atoms with Gasteiger partial charge in [0.05, 0.1) is 24.2 Å². The fourth-order valence-electron chi connectivity index (χ4n) is 2.28. The molecule has 2 heterocycles. The SMILES string of the molecule is CCC1COCCN1c1ccc([N+](=O)[O-])c(/C(N)=N/O)n1. The number of nitrogens with two attached hydrogens (primary N) is 1. The molecule has 0 saturated carbocycles. The molecular formula is C12H17N5O4. The second kappa shape index (κ2) is 6.35. The van der Waals surface area contributed by atoms with Crippen LogP contribution in [0, 0.1) is 10.1 Å². The maximum absolute atomic E-state index is 11.0. The van der Waals surface area contributed by atoms with Gasteiger partial charge in [0.15, 0.2) is 11.5 Å². The number of rotatable bonds is 4. The van der Waals surface area contributed by atoms with Crippen LogP contribution in [0.4, 0.5) is 11.5 Å². The third kappa shape index (κ3) is 3.02. The minimum absolute atomic E-state index is 0.138. The lowest BCUT2D eigenvalue weighted by molar-refractivity contribution is -0.385. The molecule has 1 fully saturated rings. The van der Waals surface area contributed by atoms with Crippen LogP contribution in [0.25, 0.3) is 0 Å². The fraction of sp³-hybridized carbons (Fsp3) is 0.500. The molecule has 0 amide bonds. The maximum atomic E-state index is 11.0. The molecule has 1 saturated heterocycles. The first-order chi connectivity index (χ1) is 10.1.